The summed E-state index contributed by atoms with van der Waals surface area (Å²) in [5.74, 6) is -0.802. The average Bonchev–Trinajstić information content (AvgIpc) is 2.80. The van der Waals surface area contributed by atoms with Crippen LogP contribution in [0, 0.1) is 6.92 Å². The van der Waals surface area contributed by atoms with Crippen LogP contribution in [0.4, 0.5) is 0 Å². The van der Waals surface area contributed by atoms with Crippen LogP contribution < -0.4 is 9.88 Å². The fourth-order valence-corrected chi connectivity index (χ4v) is 5.27. The molecule has 186 valence electrons. The summed E-state index contributed by atoms with van der Waals surface area (Å²) in [6, 6.07) is 19.1. The third kappa shape index (κ3) is 7.36. The van der Waals surface area contributed by atoms with E-state index in [1.807, 2.05) is 6.92 Å². The molecule has 9 nitrogen and oxygen atoms in total. The predicted molar refractivity (Wildman–Crippen MR) is 130 cm³/mol. The molecule has 0 saturated carbocycles. The average molecular weight is 519 g/mol. The molecule has 0 unspecified atom stereocenters. The quantitative estimate of drug-likeness (QED) is 0.397. The molecule has 0 saturated heterocycles. The molecule has 0 aliphatic carbocycles. The van der Waals surface area contributed by atoms with E-state index in [0.717, 1.165) is 11.1 Å². The summed E-state index contributed by atoms with van der Waals surface area (Å²) in [6.45, 7) is 1.49. The highest BCUT2D eigenvalue weighted by atomic mass is 32.2. The molecule has 3 aromatic rings. The van der Waals surface area contributed by atoms with Crippen molar-refractivity contribution in [3.63, 3.8) is 0 Å². The highest BCUT2D eigenvalue weighted by Gasteiger charge is 2.25. The number of benzene rings is 3. The van der Waals surface area contributed by atoms with Gasteiger partial charge in [-0.2, -0.15) is 4.31 Å². The van der Waals surface area contributed by atoms with Crippen molar-refractivity contribution in [3.8, 4) is 5.75 Å². The van der Waals surface area contributed by atoms with E-state index in [4.69, 9.17) is 15.0 Å². The van der Waals surface area contributed by atoms with Crippen molar-refractivity contribution in [2.45, 2.75) is 29.7 Å². The molecule has 0 amide bonds. The van der Waals surface area contributed by atoms with E-state index in [1.165, 1.54) is 16.4 Å². The largest absolute Gasteiger partial charge is 0.482 e. The molecule has 0 atom stereocenters. The molecule has 0 radical (unpaired) electrons. The third-order valence-electron chi connectivity index (χ3n) is 5.18. The monoisotopic (exact) mass is 518 g/mol. The van der Waals surface area contributed by atoms with Gasteiger partial charge in [-0.1, -0.05) is 42.0 Å². The summed E-state index contributed by atoms with van der Waals surface area (Å²) in [6.07, 6.45) is 0.325. The van der Waals surface area contributed by atoms with E-state index < -0.39 is 32.6 Å². The van der Waals surface area contributed by atoms with Crippen molar-refractivity contribution in [2.75, 3.05) is 13.2 Å². The number of hydrogen-bond donors (Lipinski definition) is 2. The van der Waals surface area contributed by atoms with Crippen molar-refractivity contribution in [1.82, 2.24) is 4.31 Å². The van der Waals surface area contributed by atoms with Gasteiger partial charge in [-0.25, -0.2) is 26.8 Å². The van der Waals surface area contributed by atoms with Gasteiger partial charge in [-0.05, 0) is 60.9 Å². The van der Waals surface area contributed by atoms with Gasteiger partial charge < -0.3 is 9.84 Å². The maximum absolute atomic E-state index is 13.5. The highest BCUT2D eigenvalue weighted by Crippen LogP contribution is 2.22. The van der Waals surface area contributed by atoms with Gasteiger partial charge in [0.25, 0.3) is 0 Å². The summed E-state index contributed by atoms with van der Waals surface area (Å²) in [4.78, 5) is 10.9. The lowest BCUT2D eigenvalue weighted by Gasteiger charge is -2.23. The standard InChI is InChI=1S/C24H26N2O7S2/c1-18-5-9-23(10-6-18)35(31,32)26(14-13-19-7-11-22(12-8-19)34(25,29)30)16-20-3-2-4-21(15-20)33-17-24(27)28/h2-12,15H,13-14,16-17H2,1H3,(H,27,28)(H2,25,29,30). The minimum absolute atomic E-state index is 0.0236. The van der Waals surface area contributed by atoms with E-state index in [1.54, 1.807) is 60.7 Å². The second-order valence-corrected chi connectivity index (χ2v) is 11.4. The fraction of sp³-hybridized carbons (Fsp3) is 0.208. The number of nitrogens with two attached hydrogens (primary N) is 1. The lowest BCUT2D eigenvalue weighted by Crippen LogP contribution is -2.32. The molecule has 11 heteroatoms. The smallest absolute Gasteiger partial charge is 0.341 e. The summed E-state index contributed by atoms with van der Waals surface area (Å²) in [5, 5.41) is 14.0. The van der Waals surface area contributed by atoms with Crippen LogP contribution in [-0.2, 0) is 37.8 Å². The molecule has 0 bridgehead atoms. The first-order valence-corrected chi connectivity index (χ1v) is 13.6. The molecule has 0 spiro atoms. The number of sulfonamides is 2. The lowest BCUT2D eigenvalue weighted by molar-refractivity contribution is -0.139. The van der Waals surface area contributed by atoms with Crippen LogP contribution in [0.15, 0.2) is 82.6 Å². The van der Waals surface area contributed by atoms with Crippen molar-refractivity contribution in [1.29, 1.82) is 0 Å². The first-order chi connectivity index (χ1) is 16.4. The fourth-order valence-electron chi connectivity index (χ4n) is 3.33. The van der Waals surface area contributed by atoms with E-state index in [2.05, 4.69) is 0 Å². The molecule has 0 aliphatic rings. The zero-order chi connectivity index (χ0) is 25.6. The number of ether oxygens (including phenoxy) is 1. The number of carboxylic acid groups (broad SMARTS) is 1. The number of hydrogen-bond acceptors (Lipinski definition) is 6. The molecule has 0 aromatic heterocycles. The van der Waals surface area contributed by atoms with Crippen molar-refractivity contribution >= 4 is 26.0 Å². The zero-order valence-electron chi connectivity index (χ0n) is 19.0. The predicted octanol–water partition coefficient (Wildman–Crippen LogP) is 2.54. The molecule has 35 heavy (non-hydrogen) atoms. The van der Waals surface area contributed by atoms with Gasteiger partial charge in [-0.15, -0.1) is 0 Å². The van der Waals surface area contributed by atoms with Crippen LogP contribution in [-0.4, -0.2) is 45.4 Å². The highest BCUT2D eigenvalue weighted by molar-refractivity contribution is 7.89. The van der Waals surface area contributed by atoms with Crippen LogP contribution in [0.1, 0.15) is 16.7 Å². The number of carbonyl (C=O) groups is 1. The SMILES string of the molecule is Cc1ccc(S(=O)(=O)N(CCc2ccc(S(N)(=O)=O)cc2)Cc2cccc(OCC(=O)O)c2)cc1. The summed E-state index contributed by atoms with van der Waals surface area (Å²) < 4.78 is 56.5. The van der Waals surface area contributed by atoms with Gasteiger partial charge in [0.2, 0.25) is 20.0 Å². The number of aryl methyl sites for hydroxylation is 1. The molecular weight excluding hydrogens is 492 g/mol. The number of carboxylic acids is 1. The van der Waals surface area contributed by atoms with Gasteiger partial charge in [-0.3, -0.25) is 0 Å². The van der Waals surface area contributed by atoms with Crippen molar-refractivity contribution in [3.05, 3.63) is 89.5 Å². The van der Waals surface area contributed by atoms with E-state index in [0.29, 0.717) is 17.7 Å². The Balaban J connectivity index is 1.86. The molecule has 0 aliphatic heterocycles. The maximum Gasteiger partial charge on any atom is 0.341 e. The van der Waals surface area contributed by atoms with Crippen LogP contribution >= 0.6 is 0 Å². The van der Waals surface area contributed by atoms with Crippen LogP contribution in [0.5, 0.6) is 5.75 Å². The van der Waals surface area contributed by atoms with Crippen LogP contribution in [0.25, 0.3) is 0 Å². The first kappa shape index (κ1) is 26.4. The molecule has 3 N–H and O–H groups in total. The lowest BCUT2D eigenvalue weighted by atomic mass is 10.1. The first-order valence-electron chi connectivity index (χ1n) is 10.6. The number of aliphatic carboxylic acids is 1. The Morgan fingerprint density at radius 1 is 0.914 bits per heavy atom. The minimum Gasteiger partial charge on any atom is -0.482 e. The Hall–Kier alpha value is -3.25. The van der Waals surface area contributed by atoms with Gasteiger partial charge in [0.05, 0.1) is 9.79 Å². The molecule has 3 rings (SSSR count). The van der Waals surface area contributed by atoms with Crippen LogP contribution in [0.2, 0.25) is 0 Å². The van der Waals surface area contributed by atoms with Crippen LogP contribution in [0.3, 0.4) is 0 Å². The second kappa shape index (κ2) is 11.0. The number of primary sulfonamides is 1. The summed E-state index contributed by atoms with van der Waals surface area (Å²) in [5.41, 5.74) is 2.28. The maximum atomic E-state index is 13.5. The summed E-state index contributed by atoms with van der Waals surface area (Å²) >= 11 is 0. The topological polar surface area (TPSA) is 144 Å². The Morgan fingerprint density at radius 3 is 2.14 bits per heavy atom. The molecular formula is C24H26N2O7S2. The third-order valence-corrected chi connectivity index (χ3v) is 7.97. The Morgan fingerprint density at radius 2 is 1.54 bits per heavy atom. The van der Waals surface area contributed by atoms with Crippen molar-refractivity contribution < 1.29 is 31.5 Å². The van der Waals surface area contributed by atoms with Gasteiger partial charge >= 0.3 is 5.97 Å². The van der Waals surface area contributed by atoms with Gasteiger partial charge in [0, 0.05) is 13.1 Å². The molecule has 0 heterocycles. The minimum atomic E-state index is -3.87. The van der Waals surface area contributed by atoms with E-state index >= 15 is 0 Å². The number of nitrogens with zero attached hydrogens (tertiary/aromatic N) is 1. The Labute approximate surface area is 204 Å². The second-order valence-electron chi connectivity index (χ2n) is 7.92. The molecule has 3 aromatic carbocycles. The normalized spacial score (nSPS) is 12.0. The van der Waals surface area contributed by atoms with Gasteiger partial charge in [0.15, 0.2) is 6.61 Å². The zero-order valence-corrected chi connectivity index (χ0v) is 20.6. The summed E-state index contributed by atoms with van der Waals surface area (Å²) in [7, 11) is -7.70. The van der Waals surface area contributed by atoms with Gasteiger partial charge in [0.1, 0.15) is 5.75 Å². The Kier molecular flexibility index (Phi) is 8.28. The Bertz CT molecular complexity index is 1390. The van der Waals surface area contributed by atoms with Crippen molar-refractivity contribution in [2.24, 2.45) is 5.14 Å². The van der Waals surface area contributed by atoms with E-state index in [-0.39, 0.29) is 22.9 Å². The molecule has 0 fully saturated rings. The number of rotatable bonds is 11. The van der Waals surface area contributed by atoms with E-state index in [9.17, 15) is 21.6 Å².